The second kappa shape index (κ2) is 6.18. The molecule has 3 N–H and O–H groups in total. The van der Waals surface area contributed by atoms with Gasteiger partial charge in [-0.05, 0) is 12.3 Å². The summed E-state index contributed by atoms with van der Waals surface area (Å²) in [5.74, 6) is 0.385. The molecule has 0 unspecified atom stereocenters. The molecule has 1 aromatic rings. The number of nitrogens with two attached hydrogens (primary N) is 1. The molecule has 0 aromatic carbocycles. The lowest BCUT2D eigenvalue weighted by Crippen LogP contribution is -2.16. The number of nitro groups is 1. The van der Waals surface area contributed by atoms with Crippen molar-refractivity contribution in [1.29, 1.82) is 0 Å². The van der Waals surface area contributed by atoms with Crippen LogP contribution in [0.15, 0.2) is 17.4 Å². The smallest absolute Gasteiger partial charge is 0.331 e. The maximum atomic E-state index is 11.0. The minimum atomic E-state index is -0.597. The Morgan fingerprint density at radius 3 is 2.95 bits per heavy atom. The Labute approximate surface area is 115 Å². The predicted molar refractivity (Wildman–Crippen MR) is 70.9 cm³/mol. The van der Waals surface area contributed by atoms with Crippen LogP contribution in [-0.2, 0) is 0 Å². The number of pyridine rings is 1. The standard InChI is InChI=1S/C12H16N4O4/c13-11(15-17)9-6-10(16(18)19)12(14-7-9)20-5-4-8-2-1-3-8/h6-8,17H,1-5H2,(H2,13,15). The zero-order valence-corrected chi connectivity index (χ0v) is 10.9. The Morgan fingerprint density at radius 1 is 1.65 bits per heavy atom. The van der Waals surface area contributed by atoms with E-state index < -0.39 is 4.92 Å². The first-order valence-corrected chi connectivity index (χ1v) is 6.37. The zero-order chi connectivity index (χ0) is 14.5. The van der Waals surface area contributed by atoms with Crippen LogP contribution >= 0.6 is 0 Å². The SMILES string of the molecule is NC(=NO)c1cnc(OCCC2CCC2)c([N+](=O)[O-])c1. The monoisotopic (exact) mass is 280 g/mol. The largest absolute Gasteiger partial charge is 0.473 e. The summed E-state index contributed by atoms with van der Waals surface area (Å²) in [7, 11) is 0. The molecule has 0 spiro atoms. The lowest BCUT2D eigenvalue weighted by atomic mass is 9.83. The number of aromatic nitrogens is 1. The van der Waals surface area contributed by atoms with E-state index in [-0.39, 0.29) is 23.0 Å². The van der Waals surface area contributed by atoms with Crippen molar-refractivity contribution in [2.24, 2.45) is 16.8 Å². The van der Waals surface area contributed by atoms with Gasteiger partial charge in [0.15, 0.2) is 5.84 Å². The summed E-state index contributed by atoms with van der Waals surface area (Å²) < 4.78 is 5.38. The van der Waals surface area contributed by atoms with Crippen LogP contribution in [0.4, 0.5) is 5.69 Å². The highest BCUT2D eigenvalue weighted by atomic mass is 16.6. The van der Waals surface area contributed by atoms with Gasteiger partial charge in [-0.25, -0.2) is 4.98 Å². The molecule has 20 heavy (non-hydrogen) atoms. The minimum absolute atomic E-state index is 0.0381. The van der Waals surface area contributed by atoms with Crippen molar-refractivity contribution in [3.05, 3.63) is 27.9 Å². The van der Waals surface area contributed by atoms with Gasteiger partial charge in [-0.2, -0.15) is 0 Å². The van der Waals surface area contributed by atoms with Gasteiger partial charge in [0.05, 0.1) is 11.5 Å². The molecule has 108 valence electrons. The molecule has 0 bridgehead atoms. The average Bonchev–Trinajstić information content (AvgIpc) is 2.40. The number of amidine groups is 1. The molecule has 1 fully saturated rings. The normalized spacial score (nSPS) is 15.7. The van der Waals surface area contributed by atoms with E-state index in [2.05, 4.69) is 10.1 Å². The van der Waals surface area contributed by atoms with Gasteiger partial charge in [0, 0.05) is 17.8 Å². The third kappa shape index (κ3) is 3.14. The topological polar surface area (TPSA) is 124 Å². The summed E-state index contributed by atoms with van der Waals surface area (Å²) in [6.45, 7) is 0.404. The van der Waals surface area contributed by atoms with Crippen molar-refractivity contribution in [2.75, 3.05) is 6.61 Å². The molecule has 1 aliphatic carbocycles. The molecule has 1 saturated carbocycles. The molecule has 2 rings (SSSR count). The first kappa shape index (κ1) is 14.0. The fraction of sp³-hybridized carbons (Fsp3) is 0.500. The third-order valence-electron chi connectivity index (χ3n) is 3.42. The van der Waals surface area contributed by atoms with Crippen LogP contribution in [0.3, 0.4) is 0 Å². The van der Waals surface area contributed by atoms with E-state index in [9.17, 15) is 10.1 Å². The molecular weight excluding hydrogens is 264 g/mol. The Bertz CT molecular complexity index is 528. The lowest BCUT2D eigenvalue weighted by Gasteiger charge is -2.24. The minimum Gasteiger partial charge on any atom is -0.473 e. The van der Waals surface area contributed by atoms with E-state index >= 15 is 0 Å². The summed E-state index contributed by atoms with van der Waals surface area (Å²) in [6, 6.07) is 1.18. The molecule has 0 atom stereocenters. The number of hydrogen-bond donors (Lipinski definition) is 2. The van der Waals surface area contributed by atoms with E-state index in [1.807, 2.05) is 0 Å². The molecule has 0 radical (unpaired) electrons. The van der Waals surface area contributed by atoms with Crippen molar-refractivity contribution < 1.29 is 14.9 Å². The van der Waals surface area contributed by atoms with Gasteiger partial charge in [-0.1, -0.05) is 24.4 Å². The van der Waals surface area contributed by atoms with Crippen LogP contribution in [0.25, 0.3) is 0 Å². The van der Waals surface area contributed by atoms with Gasteiger partial charge in [0.2, 0.25) is 0 Å². The van der Waals surface area contributed by atoms with Crippen molar-refractivity contribution in [3.8, 4) is 5.88 Å². The number of oxime groups is 1. The lowest BCUT2D eigenvalue weighted by molar-refractivity contribution is -0.386. The van der Waals surface area contributed by atoms with Gasteiger partial charge in [-0.15, -0.1) is 0 Å². The van der Waals surface area contributed by atoms with Crippen LogP contribution in [0.2, 0.25) is 0 Å². The van der Waals surface area contributed by atoms with Gasteiger partial charge >= 0.3 is 5.69 Å². The highest BCUT2D eigenvalue weighted by molar-refractivity contribution is 5.97. The summed E-state index contributed by atoms with van der Waals surface area (Å²) in [6.07, 6.45) is 5.79. The van der Waals surface area contributed by atoms with Crippen LogP contribution in [0, 0.1) is 16.0 Å². The van der Waals surface area contributed by atoms with Gasteiger partial charge in [-0.3, -0.25) is 10.1 Å². The maximum Gasteiger partial charge on any atom is 0.331 e. The molecule has 0 saturated heterocycles. The fourth-order valence-electron chi connectivity index (χ4n) is 1.98. The average molecular weight is 280 g/mol. The Balaban J connectivity index is 2.08. The first-order valence-electron chi connectivity index (χ1n) is 6.37. The highest BCUT2D eigenvalue weighted by Gasteiger charge is 2.21. The highest BCUT2D eigenvalue weighted by Crippen LogP contribution is 2.30. The summed E-state index contributed by atoms with van der Waals surface area (Å²) in [5, 5.41) is 22.3. The second-order valence-corrected chi connectivity index (χ2v) is 4.72. The molecule has 0 aliphatic heterocycles. The van der Waals surface area contributed by atoms with Crippen LogP contribution in [0.5, 0.6) is 5.88 Å². The van der Waals surface area contributed by atoms with Gasteiger partial charge in [0.25, 0.3) is 5.88 Å². The molecule has 1 heterocycles. The number of nitrogens with zero attached hydrogens (tertiary/aromatic N) is 3. The summed E-state index contributed by atoms with van der Waals surface area (Å²) in [4.78, 5) is 14.3. The Morgan fingerprint density at radius 2 is 2.40 bits per heavy atom. The summed E-state index contributed by atoms with van der Waals surface area (Å²) in [5.41, 5.74) is 5.26. The molecular formula is C12H16N4O4. The number of ether oxygens (including phenoxy) is 1. The van der Waals surface area contributed by atoms with Crippen LogP contribution in [0.1, 0.15) is 31.2 Å². The number of rotatable bonds is 6. The fourth-order valence-corrected chi connectivity index (χ4v) is 1.98. The quantitative estimate of drug-likeness (QED) is 0.268. The molecule has 1 aliphatic rings. The van der Waals surface area contributed by atoms with Crippen LogP contribution in [-0.4, -0.2) is 27.6 Å². The van der Waals surface area contributed by atoms with E-state index in [1.165, 1.54) is 31.5 Å². The van der Waals surface area contributed by atoms with E-state index in [0.29, 0.717) is 12.5 Å². The molecule has 1 aromatic heterocycles. The Kier molecular flexibility index (Phi) is 4.34. The van der Waals surface area contributed by atoms with E-state index in [0.717, 1.165) is 6.42 Å². The van der Waals surface area contributed by atoms with Gasteiger partial charge in [0.1, 0.15) is 0 Å². The molecule has 8 nitrogen and oxygen atoms in total. The van der Waals surface area contributed by atoms with Crippen molar-refractivity contribution in [2.45, 2.75) is 25.7 Å². The maximum absolute atomic E-state index is 11.0. The van der Waals surface area contributed by atoms with Gasteiger partial charge < -0.3 is 15.7 Å². The van der Waals surface area contributed by atoms with E-state index in [1.54, 1.807) is 0 Å². The van der Waals surface area contributed by atoms with Crippen molar-refractivity contribution in [1.82, 2.24) is 4.98 Å². The zero-order valence-electron chi connectivity index (χ0n) is 10.9. The predicted octanol–water partition coefficient (Wildman–Crippen LogP) is 1.65. The van der Waals surface area contributed by atoms with Crippen molar-refractivity contribution >= 4 is 11.5 Å². The van der Waals surface area contributed by atoms with E-state index in [4.69, 9.17) is 15.7 Å². The molecule has 8 heteroatoms. The second-order valence-electron chi connectivity index (χ2n) is 4.72. The Hall–Kier alpha value is -2.38. The third-order valence-corrected chi connectivity index (χ3v) is 3.42. The van der Waals surface area contributed by atoms with Crippen molar-refractivity contribution in [3.63, 3.8) is 0 Å². The number of hydrogen-bond acceptors (Lipinski definition) is 6. The van der Waals surface area contributed by atoms with Crippen LogP contribution < -0.4 is 10.5 Å². The molecule has 0 amide bonds. The summed E-state index contributed by atoms with van der Waals surface area (Å²) >= 11 is 0. The first-order chi connectivity index (χ1) is 9.61.